The van der Waals surface area contributed by atoms with E-state index in [2.05, 4.69) is 15.7 Å². The number of benzene rings is 2. The Kier molecular flexibility index (Phi) is 8.48. The first-order valence-corrected chi connectivity index (χ1v) is 11.5. The zero-order chi connectivity index (χ0) is 27.3. The number of carbonyl (C=O) groups is 2. The first-order valence-electron chi connectivity index (χ1n) is 11.1. The number of hydrogen-bond donors (Lipinski definition) is 6. The maximum absolute atomic E-state index is 13.4. The minimum absolute atomic E-state index is 0.0483. The molecule has 0 aliphatic rings. The van der Waals surface area contributed by atoms with Gasteiger partial charge in [0.15, 0.2) is 5.15 Å². The summed E-state index contributed by atoms with van der Waals surface area (Å²) in [6, 6.07) is 10.8. The normalized spacial score (nSPS) is 10.8. The van der Waals surface area contributed by atoms with Gasteiger partial charge in [-0.15, -0.1) is 0 Å². The van der Waals surface area contributed by atoms with Crippen LogP contribution in [-0.2, 0) is 17.9 Å². The third-order valence-corrected chi connectivity index (χ3v) is 5.69. The van der Waals surface area contributed by atoms with Gasteiger partial charge in [0.1, 0.15) is 12.4 Å². The number of rotatable bonds is 10. The summed E-state index contributed by atoms with van der Waals surface area (Å²) in [5.41, 5.74) is 15.2. The molecule has 0 fully saturated rings. The van der Waals surface area contributed by atoms with Crippen LogP contribution in [-0.4, -0.2) is 51.0 Å². The molecule has 0 radical (unpaired) electrons. The highest BCUT2D eigenvalue weighted by molar-refractivity contribution is 6.32. The van der Waals surface area contributed by atoms with E-state index in [-0.39, 0.29) is 45.9 Å². The summed E-state index contributed by atoms with van der Waals surface area (Å²) in [5.74, 6) is -1.89. The number of nitrogen functional groups attached to an aromatic ring is 2. The van der Waals surface area contributed by atoms with Gasteiger partial charge >= 0.3 is 5.97 Å². The highest BCUT2D eigenvalue weighted by atomic mass is 35.5. The summed E-state index contributed by atoms with van der Waals surface area (Å²) < 4.78 is 1.12. The van der Waals surface area contributed by atoms with Crippen molar-refractivity contribution in [3.05, 3.63) is 74.7 Å². The molecule has 0 unspecified atom stereocenters. The molecule has 0 saturated heterocycles. The second kappa shape index (κ2) is 11.5. The molecule has 0 atom stereocenters. The number of nitrogens with two attached hydrogens (primary N) is 2. The molecule has 0 aliphatic carbocycles. The molecule has 1 aromatic heterocycles. The number of carboxylic acid groups (broad SMARTS) is 1. The van der Waals surface area contributed by atoms with Crippen molar-refractivity contribution < 1.29 is 14.7 Å². The maximum Gasteiger partial charge on any atom is 0.335 e. The topological polar surface area (TPSA) is 192 Å². The summed E-state index contributed by atoms with van der Waals surface area (Å²) in [4.78, 5) is 42.0. The molecule has 37 heavy (non-hydrogen) atoms. The number of nitrogens with one attached hydrogen (secondary N) is 3. The largest absolute Gasteiger partial charge is 0.478 e. The summed E-state index contributed by atoms with van der Waals surface area (Å²) in [5, 5.41) is 21.1. The summed E-state index contributed by atoms with van der Waals surface area (Å²) in [6.45, 7) is 2.13. The number of amides is 1. The zero-order valence-electron chi connectivity index (χ0n) is 20.2. The van der Waals surface area contributed by atoms with E-state index < -0.39 is 24.0 Å². The Labute approximate surface area is 217 Å². The van der Waals surface area contributed by atoms with Gasteiger partial charge in [0.25, 0.3) is 5.56 Å². The third kappa shape index (κ3) is 6.63. The minimum Gasteiger partial charge on any atom is -0.478 e. The molecule has 13 heteroatoms. The van der Waals surface area contributed by atoms with Gasteiger partial charge in [0, 0.05) is 37.0 Å². The van der Waals surface area contributed by atoms with Gasteiger partial charge in [-0.1, -0.05) is 42.8 Å². The molecule has 1 amide bonds. The molecule has 3 rings (SSSR count). The van der Waals surface area contributed by atoms with E-state index in [0.29, 0.717) is 12.1 Å². The van der Waals surface area contributed by atoms with Crippen LogP contribution in [0.25, 0.3) is 11.3 Å². The Morgan fingerprint density at radius 1 is 1.19 bits per heavy atom. The van der Waals surface area contributed by atoms with Crippen LogP contribution >= 0.6 is 11.6 Å². The molecule has 12 nitrogen and oxygen atoms in total. The Morgan fingerprint density at radius 3 is 2.46 bits per heavy atom. The Hall–Kier alpha value is -4.42. The number of nitrogens with zero attached hydrogens (tertiary/aromatic N) is 3. The second-order valence-electron chi connectivity index (χ2n) is 8.15. The van der Waals surface area contributed by atoms with Crippen LogP contribution in [0.15, 0.2) is 47.3 Å². The number of carboxylic acids is 1. The van der Waals surface area contributed by atoms with Gasteiger partial charge in [0.05, 0.1) is 11.3 Å². The number of halogens is 1. The predicted octanol–water partition coefficient (Wildman–Crippen LogP) is 1.72. The maximum atomic E-state index is 13.4. The Balaban J connectivity index is 1.99. The molecule has 8 N–H and O–H groups in total. The van der Waals surface area contributed by atoms with Crippen molar-refractivity contribution in [2.45, 2.75) is 20.0 Å². The van der Waals surface area contributed by atoms with Crippen LogP contribution in [0.1, 0.15) is 28.4 Å². The Bertz CT molecular complexity index is 1410. The smallest absolute Gasteiger partial charge is 0.335 e. The van der Waals surface area contributed by atoms with E-state index in [0.717, 1.165) is 10.1 Å². The van der Waals surface area contributed by atoms with E-state index >= 15 is 0 Å². The average Bonchev–Trinajstić information content (AvgIpc) is 2.85. The van der Waals surface area contributed by atoms with Crippen LogP contribution in [0.5, 0.6) is 0 Å². The third-order valence-electron chi connectivity index (χ3n) is 5.43. The fourth-order valence-electron chi connectivity index (χ4n) is 3.41. The molecule has 3 aromatic rings. The van der Waals surface area contributed by atoms with Gasteiger partial charge < -0.3 is 21.9 Å². The van der Waals surface area contributed by atoms with Gasteiger partial charge in [-0.25, -0.2) is 14.8 Å². The van der Waals surface area contributed by atoms with Gasteiger partial charge in [0.2, 0.25) is 11.7 Å². The molecule has 0 aliphatic heterocycles. The lowest BCUT2D eigenvalue weighted by atomic mass is 10.1. The highest BCUT2D eigenvalue weighted by Gasteiger charge is 2.21. The number of amidine groups is 1. The van der Waals surface area contributed by atoms with E-state index in [1.807, 2.05) is 6.92 Å². The van der Waals surface area contributed by atoms with Crippen LogP contribution in [0.3, 0.4) is 0 Å². The number of carbonyl (C=O) groups excluding carboxylic acids is 1. The molecule has 1 heterocycles. The van der Waals surface area contributed by atoms with Gasteiger partial charge in [-0.3, -0.25) is 25.0 Å². The number of anilines is 2. The van der Waals surface area contributed by atoms with Gasteiger partial charge in [-0.2, -0.15) is 0 Å². The first-order chi connectivity index (χ1) is 17.5. The van der Waals surface area contributed by atoms with Crippen molar-refractivity contribution in [3.8, 4) is 11.3 Å². The molecule has 2 aromatic carbocycles. The number of aromatic carboxylic acids is 1. The SMILES string of the molecule is CCN(C)Nc1nc(Cl)c(-c2cc(N)cc(C(=O)O)c2)n(CC(=O)NCc2ccc(C(=N)N)cc2)c1=O. The monoisotopic (exact) mass is 526 g/mol. The summed E-state index contributed by atoms with van der Waals surface area (Å²) in [7, 11) is 1.70. The highest BCUT2D eigenvalue weighted by Crippen LogP contribution is 2.29. The molecular weight excluding hydrogens is 500 g/mol. The lowest BCUT2D eigenvalue weighted by molar-refractivity contribution is -0.121. The van der Waals surface area contributed by atoms with Crippen LogP contribution in [0.4, 0.5) is 11.5 Å². The van der Waals surface area contributed by atoms with Gasteiger partial charge in [-0.05, 0) is 23.8 Å². The van der Waals surface area contributed by atoms with Crippen molar-refractivity contribution in [1.29, 1.82) is 5.41 Å². The predicted molar refractivity (Wildman–Crippen MR) is 142 cm³/mol. The molecule has 0 bridgehead atoms. The fourth-order valence-corrected chi connectivity index (χ4v) is 3.71. The van der Waals surface area contributed by atoms with Crippen molar-refractivity contribution in [3.63, 3.8) is 0 Å². The molecule has 0 saturated carbocycles. The first kappa shape index (κ1) is 27.2. The molecule has 0 spiro atoms. The quantitative estimate of drug-likeness (QED) is 0.0986. The van der Waals surface area contributed by atoms with Crippen molar-refractivity contribution in [1.82, 2.24) is 19.9 Å². The number of hydrogen-bond acceptors (Lipinski definition) is 8. The average molecular weight is 527 g/mol. The van der Waals surface area contributed by atoms with Crippen LogP contribution in [0.2, 0.25) is 5.15 Å². The summed E-state index contributed by atoms with van der Waals surface area (Å²) in [6.07, 6.45) is 0. The van der Waals surface area contributed by atoms with Crippen LogP contribution < -0.4 is 27.8 Å². The number of aromatic nitrogens is 2. The van der Waals surface area contributed by atoms with E-state index in [1.54, 1.807) is 36.3 Å². The van der Waals surface area contributed by atoms with E-state index in [9.17, 15) is 19.5 Å². The van der Waals surface area contributed by atoms with E-state index in [1.165, 1.54) is 18.2 Å². The minimum atomic E-state index is -1.22. The lowest BCUT2D eigenvalue weighted by Crippen LogP contribution is -2.37. The lowest BCUT2D eigenvalue weighted by Gasteiger charge is -2.20. The standard InChI is InChI=1S/C24H27ClN8O4/c1-3-32(2)31-22-23(35)33(12-18(34)29-11-13-4-6-14(7-5-13)21(27)28)19(20(25)30-22)15-8-16(24(36)37)10-17(26)9-15/h4-10H,3,11-12,26H2,1-2H3,(H3,27,28)(H,29,34)(H,30,31)(H,36,37). The van der Waals surface area contributed by atoms with Crippen molar-refractivity contribution in [2.24, 2.45) is 5.73 Å². The Morgan fingerprint density at radius 2 is 1.86 bits per heavy atom. The van der Waals surface area contributed by atoms with Crippen molar-refractivity contribution in [2.75, 3.05) is 24.8 Å². The fraction of sp³-hybridized carbons (Fsp3) is 0.208. The second-order valence-corrected chi connectivity index (χ2v) is 8.51. The van der Waals surface area contributed by atoms with Crippen LogP contribution in [0, 0.1) is 5.41 Å². The van der Waals surface area contributed by atoms with E-state index in [4.69, 9.17) is 28.5 Å². The zero-order valence-corrected chi connectivity index (χ0v) is 21.0. The summed E-state index contributed by atoms with van der Waals surface area (Å²) >= 11 is 6.47. The molecular formula is C24H27ClN8O4. The number of hydrazine groups is 1. The molecule has 194 valence electrons. The van der Waals surface area contributed by atoms with Crippen molar-refractivity contribution >= 4 is 40.8 Å².